The zero-order valence-electron chi connectivity index (χ0n) is 15.1. The maximum absolute atomic E-state index is 12.3. The van der Waals surface area contributed by atoms with E-state index in [0.717, 1.165) is 26.5 Å². The van der Waals surface area contributed by atoms with Crippen molar-refractivity contribution in [2.75, 3.05) is 5.43 Å². The fraction of sp³-hybridized carbons (Fsp3) is 0.0455. The second-order valence-corrected chi connectivity index (χ2v) is 7.16. The van der Waals surface area contributed by atoms with E-state index in [1.165, 1.54) is 0 Å². The summed E-state index contributed by atoms with van der Waals surface area (Å²) < 4.78 is 6.55. The van der Waals surface area contributed by atoms with Gasteiger partial charge in [-0.3, -0.25) is 5.43 Å². The Labute approximate surface area is 166 Å². The molecule has 28 heavy (non-hydrogen) atoms. The van der Waals surface area contributed by atoms with Crippen molar-refractivity contribution in [3.8, 4) is 5.75 Å². The van der Waals surface area contributed by atoms with Crippen LogP contribution in [-0.4, -0.2) is 17.2 Å². The fourth-order valence-corrected chi connectivity index (χ4v) is 3.48. The zero-order chi connectivity index (χ0) is 19.3. The van der Waals surface area contributed by atoms with Gasteiger partial charge in [0.2, 0.25) is 5.13 Å². The molecule has 0 saturated carbocycles. The van der Waals surface area contributed by atoms with Crippen LogP contribution in [0.1, 0.15) is 21.5 Å². The average molecular weight is 387 g/mol. The topological polar surface area (TPSA) is 63.6 Å². The molecule has 0 spiro atoms. The van der Waals surface area contributed by atoms with Crippen molar-refractivity contribution in [1.82, 2.24) is 4.98 Å². The Morgan fingerprint density at radius 1 is 1.04 bits per heavy atom. The first-order chi connectivity index (χ1) is 13.7. The van der Waals surface area contributed by atoms with Crippen LogP contribution in [0.3, 0.4) is 0 Å². The third-order valence-electron chi connectivity index (χ3n) is 4.12. The highest BCUT2D eigenvalue weighted by molar-refractivity contribution is 7.22. The second kappa shape index (κ2) is 8.02. The summed E-state index contributed by atoms with van der Waals surface area (Å²) in [5.41, 5.74) is 6.23. The van der Waals surface area contributed by atoms with E-state index in [2.05, 4.69) is 15.5 Å². The van der Waals surface area contributed by atoms with Gasteiger partial charge in [-0.2, -0.15) is 5.10 Å². The molecule has 138 valence electrons. The van der Waals surface area contributed by atoms with Crippen molar-refractivity contribution >= 4 is 38.9 Å². The smallest absolute Gasteiger partial charge is 0.343 e. The normalized spacial score (nSPS) is 11.0. The van der Waals surface area contributed by atoms with E-state index in [1.807, 2.05) is 61.5 Å². The number of anilines is 1. The lowest BCUT2D eigenvalue weighted by atomic mass is 10.1. The van der Waals surface area contributed by atoms with Crippen LogP contribution in [0.15, 0.2) is 77.9 Å². The number of nitrogens with zero attached hydrogens (tertiary/aromatic N) is 2. The SMILES string of the molecule is Cc1ccccc1C(=O)Oc1ccc(C=NNc2nc3ccccc3s2)cc1. The standard InChI is InChI=1S/C22H17N3O2S/c1-15-6-2-3-7-18(15)21(26)27-17-12-10-16(11-13-17)14-23-25-22-24-19-8-4-5-9-20(19)28-22/h2-14H,1H3,(H,24,25). The molecule has 4 aromatic rings. The van der Waals surface area contributed by atoms with Gasteiger partial charge in [0.25, 0.3) is 0 Å². The van der Waals surface area contributed by atoms with Crippen molar-refractivity contribution in [2.45, 2.75) is 6.92 Å². The van der Waals surface area contributed by atoms with E-state index < -0.39 is 0 Å². The summed E-state index contributed by atoms with van der Waals surface area (Å²) in [6.07, 6.45) is 1.69. The minimum absolute atomic E-state index is 0.364. The summed E-state index contributed by atoms with van der Waals surface area (Å²) in [6, 6.07) is 22.5. The number of ether oxygens (including phenoxy) is 1. The summed E-state index contributed by atoms with van der Waals surface area (Å²) in [7, 11) is 0. The summed E-state index contributed by atoms with van der Waals surface area (Å²) in [5.74, 6) is 0.126. The molecular formula is C22H17N3O2S. The monoisotopic (exact) mass is 387 g/mol. The molecule has 1 aromatic heterocycles. The number of nitrogens with one attached hydrogen (secondary N) is 1. The van der Waals surface area contributed by atoms with Gasteiger partial charge in [-0.25, -0.2) is 9.78 Å². The van der Waals surface area contributed by atoms with Crippen LogP contribution >= 0.6 is 11.3 Å². The highest BCUT2D eigenvalue weighted by Crippen LogP contribution is 2.25. The highest BCUT2D eigenvalue weighted by Gasteiger charge is 2.10. The summed E-state index contributed by atoms with van der Waals surface area (Å²) in [5, 5.41) is 4.96. The maximum atomic E-state index is 12.3. The molecule has 6 heteroatoms. The number of carbonyl (C=O) groups is 1. The summed E-state index contributed by atoms with van der Waals surface area (Å²) in [6.45, 7) is 1.88. The molecule has 0 unspecified atom stereocenters. The van der Waals surface area contributed by atoms with Gasteiger partial charge in [-0.05, 0) is 60.5 Å². The van der Waals surface area contributed by atoms with Gasteiger partial charge in [0.15, 0.2) is 0 Å². The van der Waals surface area contributed by atoms with Gasteiger partial charge < -0.3 is 4.74 Å². The number of thiazole rings is 1. The molecule has 0 aliphatic heterocycles. The van der Waals surface area contributed by atoms with Crippen LogP contribution in [-0.2, 0) is 0 Å². The molecule has 5 nitrogen and oxygen atoms in total. The van der Waals surface area contributed by atoms with Crippen LogP contribution < -0.4 is 10.2 Å². The number of fused-ring (bicyclic) bond motifs is 1. The molecule has 4 rings (SSSR count). The first kappa shape index (κ1) is 17.9. The molecule has 0 atom stereocenters. The highest BCUT2D eigenvalue weighted by atomic mass is 32.1. The Bertz CT molecular complexity index is 1120. The van der Waals surface area contributed by atoms with Crippen LogP contribution in [0.4, 0.5) is 5.13 Å². The van der Waals surface area contributed by atoms with Gasteiger partial charge in [0.1, 0.15) is 5.75 Å². The Kier molecular flexibility index (Phi) is 5.12. The lowest BCUT2D eigenvalue weighted by Gasteiger charge is -2.06. The van der Waals surface area contributed by atoms with Crippen molar-refractivity contribution in [3.05, 3.63) is 89.5 Å². The van der Waals surface area contributed by atoms with Gasteiger partial charge >= 0.3 is 5.97 Å². The Balaban J connectivity index is 1.38. The molecule has 0 amide bonds. The summed E-state index contributed by atoms with van der Waals surface area (Å²) in [4.78, 5) is 16.7. The quantitative estimate of drug-likeness (QED) is 0.219. The van der Waals surface area contributed by atoms with E-state index in [1.54, 1.807) is 35.8 Å². The van der Waals surface area contributed by atoms with Gasteiger partial charge in [0.05, 0.1) is 22.0 Å². The van der Waals surface area contributed by atoms with Crippen molar-refractivity contribution in [2.24, 2.45) is 5.10 Å². The van der Waals surface area contributed by atoms with Crippen molar-refractivity contribution in [3.63, 3.8) is 0 Å². The largest absolute Gasteiger partial charge is 0.423 e. The molecule has 0 aliphatic carbocycles. The number of para-hydroxylation sites is 1. The molecule has 0 bridgehead atoms. The van der Waals surface area contributed by atoms with Gasteiger partial charge in [0, 0.05) is 0 Å². The van der Waals surface area contributed by atoms with E-state index in [4.69, 9.17) is 4.74 Å². The molecular weight excluding hydrogens is 370 g/mol. The first-order valence-corrected chi connectivity index (χ1v) is 9.53. The maximum Gasteiger partial charge on any atom is 0.343 e. The molecule has 1 N–H and O–H groups in total. The number of hydrogen-bond donors (Lipinski definition) is 1. The van der Waals surface area contributed by atoms with E-state index >= 15 is 0 Å². The van der Waals surface area contributed by atoms with E-state index in [-0.39, 0.29) is 5.97 Å². The van der Waals surface area contributed by atoms with E-state index in [9.17, 15) is 4.79 Å². The molecule has 0 radical (unpaired) electrons. The Morgan fingerprint density at radius 2 is 1.79 bits per heavy atom. The Hall–Kier alpha value is -3.51. The number of aromatic nitrogens is 1. The van der Waals surface area contributed by atoms with Crippen LogP contribution in [0.2, 0.25) is 0 Å². The van der Waals surface area contributed by atoms with Crippen LogP contribution in [0.5, 0.6) is 5.75 Å². The number of aryl methyl sites for hydroxylation is 1. The third-order valence-corrected chi connectivity index (χ3v) is 5.06. The molecule has 0 aliphatic rings. The predicted octanol–water partition coefficient (Wildman–Crippen LogP) is 5.27. The van der Waals surface area contributed by atoms with E-state index in [0.29, 0.717) is 11.3 Å². The number of benzene rings is 3. The lowest BCUT2D eigenvalue weighted by Crippen LogP contribution is -2.10. The molecule has 0 saturated heterocycles. The number of rotatable bonds is 5. The average Bonchev–Trinajstić information content (AvgIpc) is 3.12. The number of esters is 1. The lowest BCUT2D eigenvalue weighted by molar-refractivity contribution is 0.0734. The number of hydrogen-bond acceptors (Lipinski definition) is 6. The molecule has 0 fully saturated rings. The van der Waals surface area contributed by atoms with Crippen LogP contribution in [0.25, 0.3) is 10.2 Å². The van der Waals surface area contributed by atoms with Crippen molar-refractivity contribution in [1.29, 1.82) is 0 Å². The van der Waals surface area contributed by atoms with Gasteiger partial charge in [-0.1, -0.05) is 41.7 Å². The Morgan fingerprint density at radius 3 is 2.57 bits per heavy atom. The van der Waals surface area contributed by atoms with Crippen molar-refractivity contribution < 1.29 is 9.53 Å². The first-order valence-electron chi connectivity index (χ1n) is 8.71. The minimum Gasteiger partial charge on any atom is -0.423 e. The second-order valence-electron chi connectivity index (χ2n) is 6.13. The molecule has 1 heterocycles. The summed E-state index contributed by atoms with van der Waals surface area (Å²) >= 11 is 1.55. The number of hydrazone groups is 1. The van der Waals surface area contributed by atoms with Gasteiger partial charge in [-0.15, -0.1) is 0 Å². The zero-order valence-corrected chi connectivity index (χ0v) is 15.9. The molecule has 3 aromatic carbocycles. The minimum atomic E-state index is -0.364. The predicted molar refractivity (Wildman–Crippen MR) is 113 cm³/mol. The fourth-order valence-electron chi connectivity index (χ4n) is 2.67. The van der Waals surface area contributed by atoms with Crippen LogP contribution in [0, 0.1) is 6.92 Å². The number of carbonyl (C=O) groups excluding carboxylic acids is 1. The third kappa shape index (κ3) is 4.07.